The zero-order chi connectivity index (χ0) is 15.6. The Balaban J connectivity index is 1.59. The molecule has 0 radical (unpaired) electrons. The summed E-state index contributed by atoms with van der Waals surface area (Å²) < 4.78 is 7.23. The summed E-state index contributed by atoms with van der Waals surface area (Å²) in [4.78, 5) is 6.78. The molecule has 118 valence electrons. The molecule has 0 saturated carbocycles. The van der Waals surface area contributed by atoms with Crippen molar-refractivity contribution in [1.29, 1.82) is 0 Å². The Labute approximate surface area is 133 Å². The number of aromatic nitrogens is 4. The van der Waals surface area contributed by atoms with Crippen molar-refractivity contribution in [2.24, 2.45) is 0 Å². The summed E-state index contributed by atoms with van der Waals surface area (Å²) in [6.45, 7) is 2.79. The van der Waals surface area contributed by atoms with Crippen LogP contribution in [0.3, 0.4) is 0 Å². The fourth-order valence-corrected chi connectivity index (χ4v) is 2.74. The average Bonchev–Trinajstić information content (AvgIpc) is 3.25. The second-order valence-corrected chi connectivity index (χ2v) is 5.67. The monoisotopic (exact) mass is 310 g/mol. The Hall–Kier alpha value is -2.51. The second kappa shape index (κ2) is 5.94. The third-order valence-electron chi connectivity index (χ3n) is 4.10. The van der Waals surface area contributed by atoms with Crippen molar-refractivity contribution in [3.05, 3.63) is 48.5 Å². The minimum atomic E-state index is 0.144. The largest absolute Gasteiger partial charge is 0.334 e. The Kier molecular flexibility index (Phi) is 3.64. The van der Waals surface area contributed by atoms with Crippen LogP contribution in [-0.4, -0.2) is 51.5 Å². The van der Waals surface area contributed by atoms with Crippen LogP contribution in [0.15, 0.2) is 47.2 Å². The second-order valence-electron chi connectivity index (χ2n) is 5.67. The molecule has 4 rings (SSSR count). The van der Waals surface area contributed by atoms with Crippen LogP contribution in [0.4, 0.5) is 0 Å². The van der Waals surface area contributed by atoms with Gasteiger partial charge < -0.3 is 9.84 Å². The zero-order valence-electron chi connectivity index (χ0n) is 12.9. The topological polar surface area (TPSA) is 72.0 Å². The van der Waals surface area contributed by atoms with Gasteiger partial charge in [-0.2, -0.15) is 10.1 Å². The maximum absolute atomic E-state index is 5.43. The molecular weight excluding hydrogens is 292 g/mol. The van der Waals surface area contributed by atoms with Gasteiger partial charge in [0.15, 0.2) is 5.82 Å². The third kappa shape index (κ3) is 2.76. The highest BCUT2D eigenvalue weighted by atomic mass is 16.5. The van der Waals surface area contributed by atoms with E-state index in [0.29, 0.717) is 11.7 Å². The van der Waals surface area contributed by atoms with Gasteiger partial charge in [0.25, 0.3) is 5.89 Å². The molecule has 1 atom stereocenters. The van der Waals surface area contributed by atoms with Crippen LogP contribution in [-0.2, 0) is 0 Å². The van der Waals surface area contributed by atoms with E-state index in [0.717, 1.165) is 30.9 Å². The summed E-state index contributed by atoms with van der Waals surface area (Å²) in [5.41, 5.74) is 1.81. The molecule has 0 amide bonds. The standard InChI is InChI=1S/C16H18N6O/c1-21-8-7-17-10-14(21)15-19-16(23-20-15)12-9-18-22(11-12)13-5-3-2-4-6-13/h2-6,9,11,14,17H,7-8,10H2,1H3. The average molecular weight is 310 g/mol. The molecule has 0 bridgehead atoms. The Morgan fingerprint density at radius 3 is 2.96 bits per heavy atom. The van der Waals surface area contributed by atoms with E-state index >= 15 is 0 Å². The molecule has 7 heteroatoms. The normalized spacial score (nSPS) is 19.1. The molecule has 3 aromatic rings. The van der Waals surface area contributed by atoms with Crippen LogP contribution in [0.25, 0.3) is 17.1 Å². The van der Waals surface area contributed by atoms with E-state index in [4.69, 9.17) is 4.52 Å². The number of piperazine rings is 1. The molecular formula is C16H18N6O. The third-order valence-corrected chi connectivity index (χ3v) is 4.10. The van der Waals surface area contributed by atoms with Gasteiger partial charge in [-0.25, -0.2) is 4.68 Å². The first-order valence-corrected chi connectivity index (χ1v) is 7.66. The van der Waals surface area contributed by atoms with Crippen molar-refractivity contribution in [3.8, 4) is 17.1 Å². The molecule has 3 heterocycles. The number of para-hydroxylation sites is 1. The van der Waals surface area contributed by atoms with Gasteiger partial charge in [-0.3, -0.25) is 4.90 Å². The molecule has 1 saturated heterocycles. The summed E-state index contributed by atoms with van der Waals surface area (Å²) in [7, 11) is 2.08. The first kappa shape index (κ1) is 14.1. The summed E-state index contributed by atoms with van der Waals surface area (Å²) in [5.74, 6) is 1.21. The molecule has 0 spiro atoms. The maximum atomic E-state index is 5.43. The van der Waals surface area contributed by atoms with Crippen LogP contribution in [0.2, 0.25) is 0 Å². The number of benzene rings is 1. The predicted molar refractivity (Wildman–Crippen MR) is 85.1 cm³/mol. The Morgan fingerprint density at radius 1 is 1.26 bits per heavy atom. The first-order valence-electron chi connectivity index (χ1n) is 7.66. The van der Waals surface area contributed by atoms with Crippen LogP contribution >= 0.6 is 0 Å². The molecule has 1 N–H and O–H groups in total. The molecule has 1 aliphatic rings. The predicted octanol–water partition coefficient (Wildman–Crippen LogP) is 1.50. The maximum Gasteiger partial charge on any atom is 0.261 e. The lowest BCUT2D eigenvalue weighted by Gasteiger charge is -2.30. The number of likely N-dealkylation sites (N-methyl/N-ethyl adjacent to an activating group) is 1. The molecule has 23 heavy (non-hydrogen) atoms. The first-order chi connectivity index (χ1) is 11.3. The van der Waals surface area contributed by atoms with E-state index in [1.807, 2.05) is 36.5 Å². The van der Waals surface area contributed by atoms with Crippen molar-refractivity contribution in [2.45, 2.75) is 6.04 Å². The number of hydrogen-bond donors (Lipinski definition) is 1. The van der Waals surface area contributed by atoms with Gasteiger partial charge in [0, 0.05) is 25.8 Å². The van der Waals surface area contributed by atoms with E-state index in [1.165, 1.54) is 0 Å². The van der Waals surface area contributed by atoms with Crippen LogP contribution in [0.1, 0.15) is 11.9 Å². The lowest BCUT2D eigenvalue weighted by atomic mass is 10.2. The minimum absolute atomic E-state index is 0.144. The summed E-state index contributed by atoms with van der Waals surface area (Å²) in [6.07, 6.45) is 3.64. The quantitative estimate of drug-likeness (QED) is 0.790. The van der Waals surface area contributed by atoms with Gasteiger partial charge in [-0.1, -0.05) is 23.4 Å². The fraction of sp³-hybridized carbons (Fsp3) is 0.312. The van der Waals surface area contributed by atoms with Crippen molar-refractivity contribution >= 4 is 0 Å². The van der Waals surface area contributed by atoms with Crippen molar-refractivity contribution < 1.29 is 4.52 Å². The SMILES string of the molecule is CN1CCNCC1c1noc(-c2cnn(-c3ccccc3)c2)n1. The van der Waals surface area contributed by atoms with Crippen LogP contribution in [0.5, 0.6) is 0 Å². The van der Waals surface area contributed by atoms with Gasteiger partial charge >= 0.3 is 0 Å². The summed E-state index contributed by atoms with van der Waals surface area (Å²) in [5, 5.41) is 11.9. The van der Waals surface area contributed by atoms with E-state index in [1.54, 1.807) is 10.9 Å². The molecule has 1 fully saturated rings. The van der Waals surface area contributed by atoms with Gasteiger partial charge in [0.1, 0.15) is 0 Å². The van der Waals surface area contributed by atoms with Crippen LogP contribution < -0.4 is 5.32 Å². The molecule has 7 nitrogen and oxygen atoms in total. The lowest BCUT2D eigenvalue weighted by Crippen LogP contribution is -2.44. The van der Waals surface area contributed by atoms with Crippen molar-refractivity contribution in [2.75, 3.05) is 26.7 Å². The zero-order valence-corrected chi connectivity index (χ0v) is 12.9. The number of hydrogen-bond acceptors (Lipinski definition) is 6. The smallest absolute Gasteiger partial charge is 0.261 e. The van der Waals surface area contributed by atoms with E-state index < -0.39 is 0 Å². The molecule has 0 aliphatic carbocycles. The van der Waals surface area contributed by atoms with E-state index in [-0.39, 0.29) is 6.04 Å². The van der Waals surface area contributed by atoms with Gasteiger partial charge in [-0.05, 0) is 19.2 Å². The summed E-state index contributed by atoms with van der Waals surface area (Å²) >= 11 is 0. The van der Waals surface area contributed by atoms with Gasteiger partial charge in [0.2, 0.25) is 0 Å². The minimum Gasteiger partial charge on any atom is -0.334 e. The number of nitrogens with zero attached hydrogens (tertiary/aromatic N) is 5. The van der Waals surface area contributed by atoms with E-state index in [2.05, 4.69) is 32.5 Å². The van der Waals surface area contributed by atoms with E-state index in [9.17, 15) is 0 Å². The fourth-order valence-electron chi connectivity index (χ4n) is 2.74. The number of rotatable bonds is 3. The molecule has 1 aliphatic heterocycles. The highest BCUT2D eigenvalue weighted by Gasteiger charge is 2.25. The highest BCUT2D eigenvalue weighted by molar-refractivity contribution is 5.51. The van der Waals surface area contributed by atoms with Crippen molar-refractivity contribution in [1.82, 2.24) is 30.1 Å². The molecule has 1 aromatic carbocycles. The Bertz CT molecular complexity index is 781. The van der Waals surface area contributed by atoms with Crippen molar-refractivity contribution in [3.63, 3.8) is 0 Å². The molecule has 2 aromatic heterocycles. The lowest BCUT2D eigenvalue weighted by molar-refractivity contribution is 0.190. The highest BCUT2D eigenvalue weighted by Crippen LogP contribution is 2.23. The molecule has 1 unspecified atom stereocenters. The Morgan fingerprint density at radius 2 is 2.13 bits per heavy atom. The summed E-state index contributed by atoms with van der Waals surface area (Å²) in [6, 6.07) is 10.1. The van der Waals surface area contributed by atoms with Gasteiger partial charge in [0.05, 0.1) is 23.5 Å². The van der Waals surface area contributed by atoms with Crippen LogP contribution in [0, 0.1) is 0 Å². The number of nitrogens with one attached hydrogen (secondary N) is 1. The van der Waals surface area contributed by atoms with Gasteiger partial charge in [-0.15, -0.1) is 0 Å².